The van der Waals surface area contributed by atoms with Gasteiger partial charge in [-0.05, 0) is 26.3 Å². The summed E-state index contributed by atoms with van der Waals surface area (Å²) in [6.07, 6.45) is 2.32. The number of nitrogens with zero attached hydrogens (tertiary/aromatic N) is 3. The van der Waals surface area contributed by atoms with Crippen LogP contribution in [0.1, 0.15) is 24.8 Å². The zero-order valence-electron chi connectivity index (χ0n) is 10.7. The van der Waals surface area contributed by atoms with Crippen molar-refractivity contribution in [2.45, 2.75) is 31.9 Å². The zero-order chi connectivity index (χ0) is 12.3. The van der Waals surface area contributed by atoms with E-state index in [0.717, 1.165) is 36.2 Å². The van der Waals surface area contributed by atoms with E-state index in [1.807, 2.05) is 7.05 Å². The van der Waals surface area contributed by atoms with E-state index < -0.39 is 0 Å². The molecule has 1 aliphatic rings. The molecule has 1 aliphatic heterocycles. The predicted molar refractivity (Wildman–Crippen MR) is 69.4 cm³/mol. The molecular weight excluding hydrogens is 236 g/mol. The lowest BCUT2D eigenvalue weighted by Crippen LogP contribution is -2.46. The highest BCUT2D eigenvalue weighted by Crippen LogP contribution is 2.26. The Bertz CT molecular complexity index is 370. The molecule has 96 valence electrons. The van der Waals surface area contributed by atoms with E-state index in [4.69, 9.17) is 4.74 Å². The van der Waals surface area contributed by atoms with Gasteiger partial charge >= 0.3 is 0 Å². The number of likely N-dealkylation sites (tertiary alicyclic amines) is 1. The molecule has 0 amide bonds. The second-order valence-corrected chi connectivity index (χ2v) is 5.78. The van der Waals surface area contributed by atoms with Crippen LogP contribution in [0.5, 0.6) is 0 Å². The highest BCUT2D eigenvalue weighted by Gasteiger charge is 2.30. The lowest BCUT2D eigenvalue weighted by Gasteiger charge is -2.39. The summed E-state index contributed by atoms with van der Waals surface area (Å²) in [7, 11) is 3.67. The molecule has 0 spiro atoms. The summed E-state index contributed by atoms with van der Waals surface area (Å²) in [5.74, 6) is 0. The number of ether oxygens (including phenoxy) is 1. The molecule has 1 saturated heterocycles. The number of piperidine rings is 1. The van der Waals surface area contributed by atoms with Gasteiger partial charge in [0, 0.05) is 20.7 Å². The smallest absolute Gasteiger partial charge is 0.205 e. The molecule has 5 nitrogen and oxygen atoms in total. The Morgan fingerprint density at radius 3 is 3.00 bits per heavy atom. The fourth-order valence-corrected chi connectivity index (χ4v) is 2.95. The van der Waals surface area contributed by atoms with Crippen molar-refractivity contribution in [1.82, 2.24) is 15.1 Å². The van der Waals surface area contributed by atoms with Crippen molar-refractivity contribution in [3.8, 4) is 0 Å². The van der Waals surface area contributed by atoms with Crippen molar-refractivity contribution >= 4 is 16.5 Å². The number of hydrogen-bond donors (Lipinski definition) is 1. The van der Waals surface area contributed by atoms with Crippen LogP contribution in [0.3, 0.4) is 0 Å². The summed E-state index contributed by atoms with van der Waals surface area (Å²) in [6.45, 7) is 5.14. The SMILES string of the molecule is CNc1nnc(CN2CCCC(C)(OC)C2)s1. The second-order valence-electron chi connectivity index (χ2n) is 4.72. The van der Waals surface area contributed by atoms with Gasteiger partial charge in [-0.15, -0.1) is 10.2 Å². The molecular formula is C11H20N4OS. The van der Waals surface area contributed by atoms with E-state index in [2.05, 4.69) is 27.3 Å². The molecule has 6 heteroatoms. The molecule has 0 aliphatic carbocycles. The first kappa shape index (κ1) is 12.7. The maximum atomic E-state index is 5.59. The Hall–Kier alpha value is -0.720. The minimum absolute atomic E-state index is 0.00518. The fourth-order valence-electron chi connectivity index (χ4n) is 2.22. The molecule has 0 saturated carbocycles. The molecule has 1 aromatic rings. The van der Waals surface area contributed by atoms with E-state index in [1.165, 1.54) is 6.42 Å². The van der Waals surface area contributed by atoms with Crippen LogP contribution in [0.15, 0.2) is 0 Å². The summed E-state index contributed by atoms with van der Waals surface area (Å²) in [4.78, 5) is 2.40. The Balaban J connectivity index is 1.94. The maximum absolute atomic E-state index is 5.59. The Morgan fingerprint density at radius 1 is 1.53 bits per heavy atom. The van der Waals surface area contributed by atoms with Gasteiger partial charge < -0.3 is 10.1 Å². The van der Waals surface area contributed by atoms with E-state index in [0.29, 0.717) is 0 Å². The number of nitrogens with one attached hydrogen (secondary N) is 1. The minimum Gasteiger partial charge on any atom is -0.377 e. The predicted octanol–water partition coefficient (Wildman–Crippen LogP) is 1.58. The number of aromatic nitrogens is 2. The Kier molecular flexibility index (Phi) is 3.96. The average Bonchev–Trinajstić information content (AvgIpc) is 2.77. The summed E-state index contributed by atoms with van der Waals surface area (Å²) >= 11 is 1.62. The number of anilines is 1. The topological polar surface area (TPSA) is 50.3 Å². The largest absolute Gasteiger partial charge is 0.377 e. The van der Waals surface area contributed by atoms with Crippen LogP contribution < -0.4 is 5.32 Å². The minimum atomic E-state index is -0.00518. The first-order valence-corrected chi connectivity index (χ1v) is 6.74. The average molecular weight is 256 g/mol. The lowest BCUT2D eigenvalue weighted by molar-refractivity contribution is -0.0527. The third-order valence-corrected chi connectivity index (χ3v) is 4.20. The first-order chi connectivity index (χ1) is 8.15. The van der Waals surface area contributed by atoms with Crippen LogP contribution in [0.2, 0.25) is 0 Å². The van der Waals surface area contributed by atoms with Gasteiger partial charge in [-0.25, -0.2) is 0 Å². The van der Waals surface area contributed by atoms with Crippen LogP contribution >= 0.6 is 11.3 Å². The molecule has 2 heterocycles. The van der Waals surface area contributed by atoms with Gasteiger partial charge in [-0.2, -0.15) is 0 Å². The fraction of sp³-hybridized carbons (Fsp3) is 0.818. The van der Waals surface area contributed by atoms with Gasteiger partial charge in [0.15, 0.2) is 0 Å². The Morgan fingerprint density at radius 2 is 2.35 bits per heavy atom. The van der Waals surface area contributed by atoms with Crippen molar-refractivity contribution in [3.63, 3.8) is 0 Å². The molecule has 1 aromatic heterocycles. The van der Waals surface area contributed by atoms with Gasteiger partial charge in [0.25, 0.3) is 0 Å². The Labute approximate surface area is 106 Å². The van der Waals surface area contributed by atoms with E-state index in [-0.39, 0.29) is 5.60 Å². The van der Waals surface area contributed by atoms with E-state index in [1.54, 1.807) is 18.4 Å². The van der Waals surface area contributed by atoms with Crippen LogP contribution in [0.25, 0.3) is 0 Å². The molecule has 2 rings (SSSR count). The van der Waals surface area contributed by atoms with Crippen LogP contribution in [-0.2, 0) is 11.3 Å². The van der Waals surface area contributed by atoms with Crippen molar-refractivity contribution in [3.05, 3.63) is 5.01 Å². The molecule has 1 atom stereocenters. The molecule has 0 radical (unpaired) electrons. The van der Waals surface area contributed by atoms with Crippen molar-refractivity contribution in [2.24, 2.45) is 0 Å². The molecule has 1 N–H and O–H groups in total. The summed E-state index contributed by atoms with van der Waals surface area (Å²) in [5, 5.41) is 13.2. The standard InChI is InChI=1S/C11H20N4OS/c1-11(16-3)5-4-6-15(8-11)7-9-13-14-10(12-2)17-9/h4-8H2,1-3H3,(H,12,14). The normalized spacial score (nSPS) is 26.1. The molecule has 17 heavy (non-hydrogen) atoms. The molecule has 0 aromatic carbocycles. The second kappa shape index (κ2) is 5.29. The molecule has 1 unspecified atom stereocenters. The summed E-state index contributed by atoms with van der Waals surface area (Å²) in [6, 6.07) is 0. The van der Waals surface area contributed by atoms with Crippen molar-refractivity contribution in [1.29, 1.82) is 0 Å². The molecule has 0 bridgehead atoms. The number of rotatable bonds is 4. The maximum Gasteiger partial charge on any atom is 0.205 e. The number of methoxy groups -OCH3 is 1. The summed E-state index contributed by atoms with van der Waals surface area (Å²) < 4.78 is 5.59. The quantitative estimate of drug-likeness (QED) is 0.886. The summed E-state index contributed by atoms with van der Waals surface area (Å²) in [5.41, 5.74) is -0.00518. The number of hydrogen-bond acceptors (Lipinski definition) is 6. The van der Waals surface area contributed by atoms with E-state index >= 15 is 0 Å². The monoisotopic (exact) mass is 256 g/mol. The zero-order valence-corrected chi connectivity index (χ0v) is 11.5. The van der Waals surface area contributed by atoms with Crippen molar-refractivity contribution in [2.75, 3.05) is 32.6 Å². The highest BCUT2D eigenvalue weighted by atomic mass is 32.1. The van der Waals surface area contributed by atoms with Crippen molar-refractivity contribution < 1.29 is 4.74 Å². The third kappa shape index (κ3) is 3.14. The van der Waals surface area contributed by atoms with E-state index in [9.17, 15) is 0 Å². The van der Waals surface area contributed by atoms with Crippen LogP contribution in [0.4, 0.5) is 5.13 Å². The third-order valence-electron chi connectivity index (χ3n) is 3.27. The van der Waals surface area contributed by atoms with Crippen LogP contribution in [-0.4, -0.2) is 47.9 Å². The first-order valence-electron chi connectivity index (χ1n) is 5.93. The van der Waals surface area contributed by atoms with Gasteiger partial charge in [0.1, 0.15) is 5.01 Å². The lowest BCUT2D eigenvalue weighted by atomic mass is 9.95. The van der Waals surface area contributed by atoms with Gasteiger partial charge in [0.05, 0.1) is 12.1 Å². The van der Waals surface area contributed by atoms with Gasteiger partial charge in [0.2, 0.25) is 5.13 Å². The van der Waals surface area contributed by atoms with Gasteiger partial charge in [-0.3, -0.25) is 4.90 Å². The highest BCUT2D eigenvalue weighted by molar-refractivity contribution is 7.15. The van der Waals surface area contributed by atoms with Crippen LogP contribution in [0, 0.1) is 0 Å². The van der Waals surface area contributed by atoms with Gasteiger partial charge in [-0.1, -0.05) is 11.3 Å². The molecule has 1 fully saturated rings.